The van der Waals surface area contributed by atoms with Crippen LogP contribution in [-0.2, 0) is 25.4 Å². The molecule has 2 rings (SSSR count). The lowest BCUT2D eigenvalue weighted by Crippen LogP contribution is -2.18. The first-order valence-electron chi connectivity index (χ1n) is 23.3. The van der Waals surface area contributed by atoms with Gasteiger partial charge in [0.15, 0.2) is 0 Å². The Morgan fingerprint density at radius 3 is 1.14 bits per heavy atom. The van der Waals surface area contributed by atoms with E-state index < -0.39 is 23.9 Å². The summed E-state index contributed by atoms with van der Waals surface area (Å²) >= 11 is 0. The minimum Gasteiger partial charge on any atom is -0.462 e. The second-order valence-electron chi connectivity index (χ2n) is 15.7. The van der Waals surface area contributed by atoms with Crippen molar-refractivity contribution < 1.29 is 38.1 Å². The van der Waals surface area contributed by atoms with Gasteiger partial charge in [-0.25, -0.2) is 19.2 Å². The van der Waals surface area contributed by atoms with Crippen LogP contribution in [0.15, 0.2) is 30.3 Å². The normalized spacial score (nSPS) is 11.1. The molecule has 58 heavy (non-hydrogen) atoms. The molecule has 0 spiro atoms. The van der Waals surface area contributed by atoms with E-state index in [1.807, 2.05) is 6.92 Å². The van der Waals surface area contributed by atoms with Crippen molar-refractivity contribution in [1.29, 1.82) is 0 Å². The summed E-state index contributed by atoms with van der Waals surface area (Å²) in [5.74, 6) is -2.27. The van der Waals surface area contributed by atoms with E-state index in [4.69, 9.17) is 18.9 Å². The maximum absolute atomic E-state index is 13.9. The number of hydrogen-bond acceptors (Lipinski definition) is 8. The molecule has 0 aliphatic rings. The van der Waals surface area contributed by atoms with E-state index in [1.54, 1.807) is 30.3 Å². The lowest BCUT2D eigenvalue weighted by atomic mass is 9.89. The molecule has 0 aliphatic carbocycles. The smallest absolute Gasteiger partial charge is 0.339 e. The standard InChI is InChI=1S/C50H78O8/c1-6-11-15-19-23-27-35-55-47(51)43-32-31-40(39-45(43)49(53)57-37-29-25-21-17-13-8-3)42-33-34-44(48(52)56-36-28-24-20-16-12-7-2)46(41(42)10-5)50(54)58-38-30-26-22-18-14-9-4/h31-34,39H,6-30,35-38H2,1-5H3. The molecule has 8 nitrogen and oxygen atoms in total. The van der Waals surface area contributed by atoms with Gasteiger partial charge in [-0.05, 0) is 67.0 Å². The van der Waals surface area contributed by atoms with Gasteiger partial charge in [0.1, 0.15) is 0 Å². The van der Waals surface area contributed by atoms with Gasteiger partial charge in [0.25, 0.3) is 0 Å². The second-order valence-corrected chi connectivity index (χ2v) is 15.7. The highest BCUT2D eigenvalue weighted by Gasteiger charge is 2.27. The predicted octanol–water partition coefficient (Wildman–Crippen LogP) is 14.0. The largest absolute Gasteiger partial charge is 0.462 e. The first kappa shape index (κ1) is 50.5. The zero-order valence-corrected chi connectivity index (χ0v) is 37.2. The topological polar surface area (TPSA) is 105 Å². The summed E-state index contributed by atoms with van der Waals surface area (Å²) in [4.78, 5) is 54.7. The molecule has 0 amide bonds. The Kier molecular flexibility index (Phi) is 28.0. The first-order valence-corrected chi connectivity index (χ1v) is 23.3. The van der Waals surface area contributed by atoms with Crippen LogP contribution in [0.2, 0.25) is 0 Å². The second kappa shape index (κ2) is 32.2. The fourth-order valence-corrected chi connectivity index (χ4v) is 7.24. The van der Waals surface area contributed by atoms with E-state index >= 15 is 0 Å². The molecule has 0 aliphatic heterocycles. The Morgan fingerprint density at radius 2 is 0.724 bits per heavy atom. The van der Waals surface area contributed by atoms with Gasteiger partial charge in [0.05, 0.1) is 48.7 Å². The lowest BCUT2D eigenvalue weighted by Gasteiger charge is -2.18. The van der Waals surface area contributed by atoms with E-state index in [0.717, 1.165) is 103 Å². The van der Waals surface area contributed by atoms with Gasteiger partial charge in [-0.2, -0.15) is 0 Å². The average molecular weight is 807 g/mol. The highest BCUT2D eigenvalue weighted by molar-refractivity contribution is 6.07. The third-order valence-electron chi connectivity index (χ3n) is 10.8. The summed E-state index contributed by atoms with van der Waals surface area (Å²) in [5, 5.41) is 0. The van der Waals surface area contributed by atoms with Crippen LogP contribution in [0.3, 0.4) is 0 Å². The van der Waals surface area contributed by atoms with Crippen molar-refractivity contribution in [3.63, 3.8) is 0 Å². The number of rotatable bonds is 34. The molecule has 0 bridgehead atoms. The lowest BCUT2D eigenvalue weighted by molar-refractivity contribution is 0.0449. The Labute approximate surface area is 351 Å². The zero-order valence-electron chi connectivity index (χ0n) is 37.2. The molecule has 0 radical (unpaired) electrons. The summed E-state index contributed by atoms with van der Waals surface area (Å²) in [6, 6.07) is 8.45. The Balaban J connectivity index is 2.44. The van der Waals surface area contributed by atoms with Gasteiger partial charge in [-0.1, -0.05) is 175 Å². The van der Waals surface area contributed by atoms with Gasteiger partial charge in [0.2, 0.25) is 0 Å². The molecule has 8 heteroatoms. The van der Waals surface area contributed by atoms with E-state index in [9.17, 15) is 19.2 Å². The van der Waals surface area contributed by atoms with E-state index in [-0.39, 0.29) is 48.7 Å². The monoisotopic (exact) mass is 807 g/mol. The number of benzene rings is 2. The average Bonchev–Trinajstić information content (AvgIpc) is 3.24. The van der Waals surface area contributed by atoms with Crippen molar-refractivity contribution in [3.8, 4) is 11.1 Å². The fourth-order valence-electron chi connectivity index (χ4n) is 7.24. The highest BCUT2D eigenvalue weighted by Crippen LogP contribution is 2.32. The van der Waals surface area contributed by atoms with Crippen LogP contribution in [0.25, 0.3) is 11.1 Å². The minimum absolute atomic E-state index is 0.119. The van der Waals surface area contributed by atoms with Crippen LogP contribution < -0.4 is 0 Å². The maximum atomic E-state index is 13.9. The van der Waals surface area contributed by atoms with Gasteiger partial charge in [0, 0.05) is 0 Å². The molecule has 0 unspecified atom stereocenters. The van der Waals surface area contributed by atoms with E-state index in [2.05, 4.69) is 27.7 Å². The molecular weight excluding hydrogens is 729 g/mol. The van der Waals surface area contributed by atoms with Crippen molar-refractivity contribution >= 4 is 23.9 Å². The Morgan fingerprint density at radius 1 is 0.379 bits per heavy atom. The Hall–Kier alpha value is -3.68. The van der Waals surface area contributed by atoms with Crippen LogP contribution in [0, 0.1) is 0 Å². The fraction of sp³-hybridized carbons (Fsp3) is 0.680. The predicted molar refractivity (Wildman–Crippen MR) is 236 cm³/mol. The molecule has 0 heterocycles. The third-order valence-corrected chi connectivity index (χ3v) is 10.8. The Bertz CT molecular complexity index is 1460. The highest BCUT2D eigenvalue weighted by atomic mass is 16.5. The van der Waals surface area contributed by atoms with Crippen molar-refractivity contribution in [1.82, 2.24) is 0 Å². The molecule has 2 aromatic rings. The number of hydrogen-bond donors (Lipinski definition) is 0. The SMILES string of the molecule is CCCCCCCCOC(=O)c1ccc(-c2ccc(C(=O)OCCCCCCCC)c(C(=O)OCCCCCCCC)c2CC)cc1C(=O)OCCCCCCCC. The van der Waals surface area contributed by atoms with Crippen LogP contribution in [-0.4, -0.2) is 50.3 Å². The van der Waals surface area contributed by atoms with Crippen molar-refractivity contribution in [2.75, 3.05) is 26.4 Å². The number of unbranched alkanes of at least 4 members (excludes halogenated alkanes) is 20. The molecule has 0 atom stereocenters. The molecule has 326 valence electrons. The van der Waals surface area contributed by atoms with Crippen molar-refractivity contribution in [2.45, 2.75) is 195 Å². The molecule has 0 N–H and O–H groups in total. The molecule has 2 aromatic carbocycles. The van der Waals surface area contributed by atoms with Gasteiger partial charge >= 0.3 is 23.9 Å². The number of carbonyl (C=O) groups is 4. The molecule has 0 aromatic heterocycles. The molecule has 0 saturated carbocycles. The van der Waals surface area contributed by atoms with Crippen LogP contribution >= 0.6 is 0 Å². The summed E-state index contributed by atoms with van der Waals surface area (Å²) < 4.78 is 23.0. The minimum atomic E-state index is -0.589. The molecule has 0 fully saturated rings. The van der Waals surface area contributed by atoms with Crippen molar-refractivity contribution in [3.05, 3.63) is 58.1 Å². The summed E-state index contributed by atoms with van der Waals surface area (Å²) in [6.07, 6.45) is 25.8. The van der Waals surface area contributed by atoms with Gasteiger partial charge < -0.3 is 18.9 Å². The summed E-state index contributed by atoms with van der Waals surface area (Å²) in [5.41, 5.74) is 2.53. The van der Waals surface area contributed by atoms with Crippen LogP contribution in [0.4, 0.5) is 0 Å². The zero-order chi connectivity index (χ0) is 42.2. The van der Waals surface area contributed by atoms with Gasteiger partial charge in [-0.15, -0.1) is 0 Å². The quantitative estimate of drug-likeness (QED) is 0.0391. The first-order chi connectivity index (χ1) is 28.3. The van der Waals surface area contributed by atoms with Crippen LogP contribution in [0.1, 0.15) is 236 Å². The third kappa shape index (κ3) is 19.4. The summed E-state index contributed by atoms with van der Waals surface area (Å²) in [6.45, 7) is 11.7. The van der Waals surface area contributed by atoms with E-state index in [0.29, 0.717) is 23.1 Å². The summed E-state index contributed by atoms with van der Waals surface area (Å²) in [7, 11) is 0. The number of ether oxygens (including phenoxy) is 4. The van der Waals surface area contributed by atoms with Gasteiger partial charge in [-0.3, -0.25) is 0 Å². The molecule has 0 saturated heterocycles. The number of carbonyl (C=O) groups excluding carboxylic acids is 4. The van der Waals surface area contributed by atoms with Crippen molar-refractivity contribution in [2.24, 2.45) is 0 Å². The number of esters is 4. The molecular formula is C50H78O8. The van der Waals surface area contributed by atoms with Crippen LogP contribution in [0.5, 0.6) is 0 Å². The maximum Gasteiger partial charge on any atom is 0.339 e. The van der Waals surface area contributed by atoms with E-state index in [1.165, 1.54) is 51.4 Å².